The Morgan fingerprint density at radius 3 is 2.37 bits per heavy atom. The van der Waals surface area contributed by atoms with Crippen molar-refractivity contribution >= 4 is 12.0 Å². The van der Waals surface area contributed by atoms with Gasteiger partial charge in [0, 0.05) is 13.1 Å². The van der Waals surface area contributed by atoms with Crippen molar-refractivity contribution in [3.63, 3.8) is 0 Å². The van der Waals surface area contributed by atoms with Crippen LogP contribution in [-0.4, -0.2) is 37.2 Å². The van der Waals surface area contributed by atoms with Crippen LogP contribution in [0, 0.1) is 0 Å². The second kappa shape index (κ2) is 8.10. The fraction of sp³-hybridized carbons (Fsp3) is 0.385. The van der Waals surface area contributed by atoms with Gasteiger partial charge in [0.2, 0.25) is 0 Å². The van der Waals surface area contributed by atoms with Crippen molar-refractivity contribution in [3.05, 3.63) is 35.4 Å². The predicted molar refractivity (Wildman–Crippen MR) is 72.2 cm³/mol. The number of carboxylic acid groups (broad SMARTS) is 1. The number of amides is 2. The molecule has 0 spiro atoms. The molecular weight excluding hydrogens is 246 g/mol. The van der Waals surface area contributed by atoms with Crippen LogP contribution in [0.15, 0.2) is 24.3 Å². The van der Waals surface area contributed by atoms with Crippen LogP contribution in [0.3, 0.4) is 0 Å². The third-order valence-electron chi connectivity index (χ3n) is 2.54. The van der Waals surface area contributed by atoms with Crippen molar-refractivity contribution in [1.29, 1.82) is 0 Å². The molecule has 0 fully saturated rings. The zero-order valence-electron chi connectivity index (χ0n) is 10.9. The summed E-state index contributed by atoms with van der Waals surface area (Å²) in [5.41, 5.74) is 1.09. The number of urea groups is 1. The molecule has 104 valence electrons. The highest BCUT2D eigenvalue weighted by Gasteiger charge is 2.03. The third-order valence-corrected chi connectivity index (χ3v) is 2.54. The number of aromatic carboxylic acids is 1. The summed E-state index contributed by atoms with van der Waals surface area (Å²) in [5, 5.41) is 17.2. The fourth-order valence-electron chi connectivity index (χ4n) is 1.48. The first-order valence-corrected chi connectivity index (χ1v) is 6.12. The van der Waals surface area contributed by atoms with Crippen LogP contribution in [0.5, 0.6) is 0 Å². The quantitative estimate of drug-likeness (QED) is 0.549. The maximum Gasteiger partial charge on any atom is 0.335 e. The van der Waals surface area contributed by atoms with E-state index in [2.05, 4.69) is 16.0 Å². The molecule has 1 rings (SSSR count). The molecular formula is C13H19N3O3. The molecule has 0 aromatic heterocycles. The summed E-state index contributed by atoms with van der Waals surface area (Å²) < 4.78 is 0. The van der Waals surface area contributed by atoms with Crippen molar-refractivity contribution in [2.24, 2.45) is 0 Å². The van der Waals surface area contributed by atoms with Crippen LogP contribution < -0.4 is 16.0 Å². The lowest BCUT2D eigenvalue weighted by Gasteiger charge is -2.07. The number of carbonyl (C=O) groups is 2. The Balaban J connectivity index is 2.28. The average Bonchev–Trinajstić information content (AvgIpc) is 2.42. The van der Waals surface area contributed by atoms with E-state index in [1.165, 1.54) is 12.1 Å². The van der Waals surface area contributed by atoms with Crippen LogP contribution in [0.25, 0.3) is 0 Å². The van der Waals surface area contributed by atoms with Gasteiger partial charge < -0.3 is 21.1 Å². The van der Waals surface area contributed by atoms with E-state index in [9.17, 15) is 9.59 Å². The summed E-state index contributed by atoms with van der Waals surface area (Å²) in [4.78, 5) is 22.1. The molecule has 0 aliphatic rings. The number of rotatable bonds is 7. The summed E-state index contributed by atoms with van der Waals surface area (Å²) in [7, 11) is 1.86. The lowest BCUT2D eigenvalue weighted by molar-refractivity contribution is 0.0697. The van der Waals surface area contributed by atoms with E-state index in [0.29, 0.717) is 13.1 Å². The Labute approximate surface area is 112 Å². The average molecular weight is 265 g/mol. The van der Waals surface area contributed by atoms with Gasteiger partial charge in [0.05, 0.1) is 5.56 Å². The van der Waals surface area contributed by atoms with Gasteiger partial charge in [0.25, 0.3) is 0 Å². The smallest absolute Gasteiger partial charge is 0.335 e. The second-order valence-electron chi connectivity index (χ2n) is 4.07. The standard InChI is InChI=1S/C13H19N3O3/c1-14-7-2-8-15-13(19)16-9-10-3-5-11(6-4-10)12(17)18/h3-6,14H,2,7-9H2,1H3,(H,17,18)(H2,15,16,19). The molecule has 0 bridgehead atoms. The Kier molecular flexibility index (Phi) is 6.38. The van der Waals surface area contributed by atoms with Gasteiger partial charge in [-0.3, -0.25) is 0 Å². The molecule has 0 heterocycles. The number of hydrogen-bond acceptors (Lipinski definition) is 3. The van der Waals surface area contributed by atoms with Gasteiger partial charge in [-0.1, -0.05) is 12.1 Å². The maximum absolute atomic E-state index is 11.4. The zero-order valence-corrected chi connectivity index (χ0v) is 10.9. The molecule has 6 nitrogen and oxygen atoms in total. The van der Waals surface area contributed by atoms with E-state index in [1.807, 2.05) is 7.05 Å². The summed E-state index contributed by atoms with van der Waals surface area (Å²) in [6, 6.07) is 6.18. The van der Waals surface area contributed by atoms with Gasteiger partial charge in [-0.2, -0.15) is 0 Å². The number of benzene rings is 1. The number of hydrogen-bond donors (Lipinski definition) is 4. The van der Waals surface area contributed by atoms with Crippen molar-refractivity contribution in [3.8, 4) is 0 Å². The first-order chi connectivity index (χ1) is 9.13. The number of carboxylic acids is 1. The molecule has 1 aromatic rings. The van der Waals surface area contributed by atoms with Crippen LogP contribution in [-0.2, 0) is 6.54 Å². The normalized spacial score (nSPS) is 9.95. The van der Waals surface area contributed by atoms with Crippen molar-refractivity contribution < 1.29 is 14.7 Å². The summed E-state index contributed by atoms with van der Waals surface area (Å²) in [6.07, 6.45) is 0.872. The van der Waals surface area contributed by atoms with E-state index in [0.717, 1.165) is 18.5 Å². The van der Waals surface area contributed by atoms with E-state index in [-0.39, 0.29) is 11.6 Å². The molecule has 0 atom stereocenters. The zero-order chi connectivity index (χ0) is 14.1. The number of nitrogens with one attached hydrogen (secondary N) is 3. The molecule has 0 saturated heterocycles. The molecule has 0 unspecified atom stereocenters. The first kappa shape index (κ1) is 15.0. The minimum atomic E-state index is -0.957. The molecule has 6 heteroatoms. The predicted octanol–water partition coefficient (Wildman–Crippen LogP) is 0.793. The Hall–Kier alpha value is -2.08. The SMILES string of the molecule is CNCCCNC(=O)NCc1ccc(C(=O)O)cc1. The molecule has 0 saturated carbocycles. The third kappa shape index (κ3) is 5.87. The van der Waals surface area contributed by atoms with Crippen LogP contribution in [0.2, 0.25) is 0 Å². The molecule has 0 aliphatic heterocycles. The van der Waals surface area contributed by atoms with Gasteiger partial charge in [0.15, 0.2) is 0 Å². The van der Waals surface area contributed by atoms with E-state index < -0.39 is 5.97 Å². The van der Waals surface area contributed by atoms with Crippen molar-refractivity contribution in [2.75, 3.05) is 20.1 Å². The lowest BCUT2D eigenvalue weighted by Crippen LogP contribution is -2.36. The fourth-order valence-corrected chi connectivity index (χ4v) is 1.48. The van der Waals surface area contributed by atoms with Crippen LogP contribution in [0.4, 0.5) is 4.79 Å². The van der Waals surface area contributed by atoms with Crippen molar-refractivity contribution in [2.45, 2.75) is 13.0 Å². The minimum Gasteiger partial charge on any atom is -0.478 e. The maximum atomic E-state index is 11.4. The Morgan fingerprint density at radius 2 is 1.79 bits per heavy atom. The lowest BCUT2D eigenvalue weighted by atomic mass is 10.1. The van der Waals surface area contributed by atoms with Gasteiger partial charge in [-0.05, 0) is 37.7 Å². The van der Waals surface area contributed by atoms with Gasteiger partial charge in [0.1, 0.15) is 0 Å². The van der Waals surface area contributed by atoms with E-state index in [4.69, 9.17) is 5.11 Å². The van der Waals surface area contributed by atoms with Crippen molar-refractivity contribution in [1.82, 2.24) is 16.0 Å². The molecule has 0 aliphatic carbocycles. The van der Waals surface area contributed by atoms with Gasteiger partial charge in [-0.25, -0.2) is 9.59 Å². The summed E-state index contributed by atoms with van der Waals surface area (Å²) >= 11 is 0. The summed E-state index contributed by atoms with van der Waals surface area (Å²) in [5.74, 6) is -0.957. The second-order valence-corrected chi connectivity index (χ2v) is 4.07. The molecule has 2 amide bonds. The highest BCUT2D eigenvalue weighted by atomic mass is 16.4. The first-order valence-electron chi connectivity index (χ1n) is 6.12. The monoisotopic (exact) mass is 265 g/mol. The molecule has 1 aromatic carbocycles. The van der Waals surface area contributed by atoms with Gasteiger partial charge in [-0.15, -0.1) is 0 Å². The topological polar surface area (TPSA) is 90.5 Å². The Morgan fingerprint density at radius 1 is 1.11 bits per heavy atom. The van der Waals surface area contributed by atoms with E-state index >= 15 is 0 Å². The summed E-state index contributed by atoms with van der Waals surface area (Å²) in [6.45, 7) is 1.85. The largest absolute Gasteiger partial charge is 0.478 e. The molecule has 19 heavy (non-hydrogen) atoms. The molecule has 0 radical (unpaired) electrons. The number of carbonyl (C=O) groups excluding carboxylic acids is 1. The van der Waals surface area contributed by atoms with Crippen LogP contribution >= 0.6 is 0 Å². The highest BCUT2D eigenvalue weighted by Crippen LogP contribution is 2.03. The van der Waals surface area contributed by atoms with Gasteiger partial charge >= 0.3 is 12.0 Å². The molecule has 4 N–H and O–H groups in total. The van der Waals surface area contributed by atoms with E-state index in [1.54, 1.807) is 12.1 Å². The Bertz CT molecular complexity index is 418. The highest BCUT2D eigenvalue weighted by molar-refractivity contribution is 5.87. The van der Waals surface area contributed by atoms with Crippen LogP contribution in [0.1, 0.15) is 22.3 Å². The minimum absolute atomic E-state index is 0.224.